The van der Waals surface area contributed by atoms with E-state index in [9.17, 15) is 4.39 Å². The first-order chi connectivity index (χ1) is 9.06. The van der Waals surface area contributed by atoms with E-state index in [2.05, 4.69) is 15.9 Å². The zero-order chi connectivity index (χ0) is 13.8. The molecule has 0 amide bonds. The molecule has 4 heteroatoms. The highest BCUT2D eigenvalue weighted by Crippen LogP contribution is 2.28. The maximum atomic E-state index is 12.8. The minimum Gasteiger partial charge on any atom is -0.489 e. The van der Waals surface area contributed by atoms with Gasteiger partial charge in [-0.25, -0.2) is 4.39 Å². The van der Waals surface area contributed by atoms with Crippen molar-refractivity contribution in [1.29, 1.82) is 0 Å². The number of benzene rings is 2. The van der Waals surface area contributed by atoms with Crippen LogP contribution in [0.1, 0.15) is 24.1 Å². The fraction of sp³-hybridized carbons (Fsp3) is 0.200. The summed E-state index contributed by atoms with van der Waals surface area (Å²) < 4.78 is 19.5. The van der Waals surface area contributed by atoms with Crippen molar-refractivity contribution in [1.82, 2.24) is 0 Å². The van der Waals surface area contributed by atoms with Crippen molar-refractivity contribution in [3.05, 3.63) is 63.9 Å². The molecule has 1 unspecified atom stereocenters. The number of ether oxygens (including phenoxy) is 1. The van der Waals surface area contributed by atoms with Crippen molar-refractivity contribution in [2.75, 3.05) is 0 Å². The van der Waals surface area contributed by atoms with Gasteiger partial charge in [0.05, 0.1) is 0 Å². The van der Waals surface area contributed by atoms with Crippen molar-refractivity contribution in [2.24, 2.45) is 5.73 Å². The van der Waals surface area contributed by atoms with Crippen molar-refractivity contribution in [3.8, 4) is 5.75 Å². The van der Waals surface area contributed by atoms with Crippen molar-refractivity contribution >= 4 is 15.9 Å². The van der Waals surface area contributed by atoms with Gasteiger partial charge in [0.25, 0.3) is 0 Å². The largest absolute Gasteiger partial charge is 0.489 e. The molecule has 0 aliphatic carbocycles. The topological polar surface area (TPSA) is 35.2 Å². The minimum atomic E-state index is -0.247. The number of hydrogen-bond donors (Lipinski definition) is 1. The molecule has 1 atom stereocenters. The number of nitrogens with two attached hydrogens (primary N) is 1. The van der Waals surface area contributed by atoms with E-state index in [1.54, 1.807) is 12.1 Å². The smallest absolute Gasteiger partial charge is 0.124 e. The maximum Gasteiger partial charge on any atom is 0.124 e. The Morgan fingerprint density at radius 3 is 2.53 bits per heavy atom. The second-order valence-electron chi connectivity index (χ2n) is 4.39. The highest BCUT2D eigenvalue weighted by atomic mass is 79.9. The molecule has 2 aromatic carbocycles. The maximum absolute atomic E-state index is 12.8. The first-order valence-corrected chi connectivity index (χ1v) is 6.78. The number of halogens is 2. The molecule has 0 bridgehead atoms. The predicted octanol–water partition coefficient (Wildman–Crippen LogP) is 4.19. The monoisotopic (exact) mass is 323 g/mol. The normalized spacial score (nSPS) is 12.2. The van der Waals surface area contributed by atoms with Gasteiger partial charge < -0.3 is 10.5 Å². The van der Waals surface area contributed by atoms with Gasteiger partial charge in [0.2, 0.25) is 0 Å². The number of hydrogen-bond acceptors (Lipinski definition) is 2. The minimum absolute atomic E-state index is 0.110. The fourth-order valence-corrected chi connectivity index (χ4v) is 2.13. The molecule has 100 valence electrons. The van der Waals surface area contributed by atoms with E-state index in [0.29, 0.717) is 6.61 Å². The van der Waals surface area contributed by atoms with Crippen molar-refractivity contribution in [2.45, 2.75) is 19.6 Å². The molecular weight excluding hydrogens is 309 g/mol. The second kappa shape index (κ2) is 6.17. The molecule has 0 heterocycles. The lowest BCUT2D eigenvalue weighted by Crippen LogP contribution is -2.08. The van der Waals surface area contributed by atoms with E-state index in [1.165, 1.54) is 12.1 Å². The molecule has 0 aromatic heterocycles. The highest BCUT2D eigenvalue weighted by molar-refractivity contribution is 9.10. The lowest BCUT2D eigenvalue weighted by molar-refractivity contribution is 0.301. The van der Waals surface area contributed by atoms with E-state index in [0.717, 1.165) is 21.3 Å². The molecular formula is C15H15BrFNO. The molecule has 0 fully saturated rings. The average Bonchev–Trinajstić information content (AvgIpc) is 2.39. The van der Waals surface area contributed by atoms with Crippen molar-refractivity contribution in [3.63, 3.8) is 0 Å². The molecule has 0 aliphatic heterocycles. The Morgan fingerprint density at radius 1 is 1.21 bits per heavy atom. The fourth-order valence-electron chi connectivity index (χ4n) is 1.75. The Balaban J connectivity index is 2.13. The van der Waals surface area contributed by atoms with Crippen LogP contribution in [0.15, 0.2) is 46.9 Å². The average molecular weight is 324 g/mol. The van der Waals surface area contributed by atoms with E-state index in [1.807, 2.05) is 25.1 Å². The van der Waals surface area contributed by atoms with Crippen LogP contribution in [0.4, 0.5) is 4.39 Å². The SMILES string of the molecule is CC(N)c1cc(Br)ccc1OCc1ccc(F)cc1. The van der Waals surface area contributed by atoms with Gasteiger partial charge in [-0.2, -0.15) is 0 Å². The van der Waals surface area contributed by atoms with Gasteiger partial charge in [-0.05, 0) is 42.8 Å². The Bertz CT molecular complexity index is 555. The Labute approximate surface area is 120 Å². The van der Waals surface area contributed by atoms with Crippen LogP contribution in [-0.2, 0) is 6.61 Å². The Kier molecular flexibility index (Phi) is 4.56. The molecule has 19 heavy (non-hydrogen) atoms. The van der Waals surface area contributed by atoms with Gasteiger partial charge >= 0.3 is 0 Å². The van der Waals surface area contributed by atoms with Gasteiger partial charge in [-0.15, -0.1) is 0 Å². The molecule has 0 saturated heterocycles. The summed E-state index contributed by atoms with van der Waals surface area (Å²) in [6.45, 7) is 2.30. The van der Waals surface area contributed by atoms with Crippen LogP contribution in [0.3, 0.4) is 0 Å². The van der Waals surface area contributed by atoms with Crippen LogP contribution in [-0.4, -0.2) is 0 Å². The molecule has 0 radical (unpaired) electrons. The third-order valence-electron chi connectivity index (χ3n) is 2.77. The van der Waals surface area contributed by atoms with Crippen LogP contribution < -0.4 is 10.5 Å². The van der Waals surface area contributed by atoms with Crippen LogP contribution in [0.5, 0.6) is 5.75 Å². The lowest BCUT2D eigenvalue weighted by Gasteiger charge is -2.14. The third kappa shape index (κ3) is 3.78. The van der Waals surface area contributed by atoms with E-state index >= 15 is 0 Å². The summed E-state index contributed by atoms with van der Waals surface area (Å²) in [5.74, 6) is 0.506. The summed E-state index contributed by atoms with van der Waals surface area (Å²) in [7, 11) is 0. The summed E-state index contributed by atoms with van der Waals surface area (Å²) in [4.78, 5) is 0. The summed E-state index contributed by atoms with van der Waals surface area (Å²) >= 11 is 3.42. The quantitative estimate of drug-likeness (QED) is 0.915. The first kappa shape index (κ1) is 14.0. The molecule has 0 saturated carbocycles. The van der Waals surface area contributed by atoms with E-state index < -0.39 is 0 Å². The molecule has 2 aromatic rings. The molecule has 2 N–H and O–H groups in total. The van der Waals surface area contributed by atoms with Crippen molar-refractivity contribution < 1.29 is 9.13 Å². The predicted molar refractivity (Wildman–Crippen MR) is 77.5 cm³/mol. The first-order valence-electron chi connectivity index (χ1n) is 5.98. The van der Waals surface area contributed by atoms with Gasteiger partial charge in [0, 0.05) is 16.1 Å². The highest BCUT2D eigenvalue weighted by Gasteiger charge is 2.09. The van der Waals surface area contributed by atoms with E-state index in [-0.39, 0.29) is 11.9 Å². The summed E-state index contributed by atoms with van der Waals surface area (Å²) in [6, 6.07) is 11.9. The zero-order valence-corrected chi connectivity index (χ0v) is 12.2. The van der Waals surface area contributed by atoms with Gasteiger partial charge in [0.1, 0.15) is 18.2 Å². The molecule has 0 spiro atoms. The third-order valence-corrected chi connectivity index (χ3v) is 3.26. The summed E-state index contributed by atoms with van der Waals surface area (Å²) in [5.41, 5.74) is 7.78. The molecule has 0 aliphatic rings. The van der Waals surface area contributed by atoms with Crippen LogP contribution in [0, 0.1) is 5.82 Å². The summed E-state index contributed by atoms with van der Waals surface area (Å²) in [5, 5.41) is 0. The Hall–Kier alpha value is -1.39. The second-order valence-corrected chi connectivity index (χ2v) is 5.30. The Morgan fingerprint density at radius 2 is 1.89 bits per heavy atom. The summed E-state index contributed by atoms with van der Waals surface area (Å²) in [6.07, 6.45) is 0. The van der Waals surface area contributed by atoms with Crippen LogP contribution >= 0.6 is 15.9 Å². The standard InChI is InChI=1S/C15H15BrFNO/c1-10(18)14-8-12(16)4-7-15(14)19-9-11-2-5-13(17)6-3-11/h2-8,10H,9,18H2,1H3. The number of rotatable bonds is 4. The molecule has 2 rings (SSSR count). The molecule has 2 nitrogen and oxygen atoms in total. The van der Waals surface area contributed by atoms with E-state index in [4.69, 9.17) is 10.5 Å². The lowest BCUT2D eigenvalue weighted by atomic mass is 10.1. The van der Waals surface area contributed by atoms with Gasteiger partial charge in [-0.3, -0.25) is 0 Å². The van der Waals surface area contributed by atoms with Crippen LogP contribution in [0.2, 0.25) is 0 Å². The van der Waals surface area contributed by atoms with Gasteiger partial charge in [0.15, 0.2) is 0 Å². The van der Waals surface area contributed by atoms with Gasteiger partial charge in [-0.1, -0.05) is 28.1 Å². The zero-order valence-electron chi connectivity index (χ0n) is 10.6. The van der Waals surface area contributed by atoms with Crippen LogP contribution in [0.25, 0.3) is 0 Å².